The summed E-state index contributed by atoms with van der Waals surface area (Å²) in [5.74, 6) is 0.785. The Hall–Kier alpha value is -1.65. The minimum absolute atomic E-state index is 0.785. The predicted molar refractivity (Wildman–Crippen MR) is 85.5 cm³/mol. The van der Waals surface area contributed by atoms with E-state index in [1.54, 1.807) is 0 Å². The maximum atomic E-state index is 4.43. The highest BCUT2D eigenvalue weighted by Gasteiger charge is 2.16. The molecule has 112 valence electrons. The minimum Gasteiger partial charge on any atom is -0.312 e. The average molecular weight is 284 g/mol. The third-order valence-corrected chi connectivity index (χ3v) is 4.14. The highest BCUT2D eigenvalue weighted by Crippen LogP contribution is 2.14. The summed E-state index contributed by atoms with van der Waals surface area (Å²) < 4.78 is 1.94. The van der Waals surface area contributed by atoms with Crippen molar-refractivity contribution in [3.8, 4) is 5.69 Å². The maximum Gasteiger partial charge on any atom is 0.0645 e. The summed E-state index contributed by atoms with van der Waals surface area (Å²) >= 11 is 0. The van der Waals surface area contributed by atoms with E-state index in [2.05, 4.69) is 40.7 Å². The van der Waals surface area contributed by atoms with Gasteiger partial charge in [0.15, 0.2) is 0 Å². The van der Waals surface area contributed by atoms with Crippen LogP contribution in [-0.4, -0.2) is 41.4 Å². The second-order valence-electron chi connectivity index (χ2n) is 6.03. The number of piperidine rings is 1. The molecule has 3 rings (SSSR count). The molecule has 1 saturated heterocycles. The lowest BCUT2D eigenvalue weighted by Crippen LogP contribution is -2.37. The zero-order valence-electron chi connectivity index (χ0n) is 12.7. The van der Waals surface area contributed by atoms with Gasteiger partial charge in [0.2, 0.25) is 0 Å². The van der Waals surface area contributed by atoms with E-state index in [0.29, 0.717) is 0 Å². The number of benzene rings is 1. The molecule has 1 aromatic heterocycles. The number of nitrogens with zero attached hydrogens (tertiary/aromatic N) is 3. The molecule has 0 saturated carbocycles. The molecule has 1 unspecified atom stereocenters. The van der Waals surface area contributed by atoms with Crippen LogP contribution in [0.4, 0.5) is 0 Å². The summed E-state index contributed by atoms with van der Waals surface area (Å²) in [5, 5.41) is 8.01. The van der Waals surface area contributed by atoms with Crippen LogP contribution in [-0.2, 0) is 6.54 Å². The van der Waals surface area contributed by atoms with E-state index in [1.165, 1.54) is 31.5 Å². The fourth-order valence-corrected chi connectivity index (χ4v) is 3.03. The van der Waals surface area contributed by atoms with Crippen molar-refractivity contribution in [3.05, 3.63) is 48.3 Å². The van der Waals surface area contributed by atoms with Gasteiger partial charge in [0.05, 0.1) is 11.9 Å². The number of hydrogen-bond donors (Lipinski definition) is 1. The zero-order valence-corrected chi connectivity index (χ0v) is 12.7. The molecule has 2 aromatic rings. The van der Waals surface area contributed by atoms with Crippen molar-refractivity contribution >= 4 is 0 Å². The van der Waals surface area contributed by atoms with Crippen molar-refractivity contribution in [2.45, 2.75) is 19.4 Å². The number of hydrogen-bond acceptors (Lipinski definition) is 3. The maximum absolute atomic E-state index is 4.43. The fraction of sp³-hybridized carbons (Fsp3) is 0.471. The molecule has 0 spiro atoms. The van der Waals surface area contributed by atoms with Crippen LogP contribution in [0.15, 0.2) is 42.7 Å². The summed E-state index contributed by atoms with van der Waals surface area (Å²) in [7, 11) is 2.22. The Morgan fingerprint density at radius 3 is 2.95 bits per heavy atom. The van der Waals surface area contributed by atoms with E-state index in [9.17, 15) is 0 Å². The smallest absolute Gasteiger partial charge is 0.0645 e. The van der Waals surface area contributed by atoms with Crippen molar-refractivity contribution in [2.24, 2.45) is 5.92 Å². The molecule has 0 bridgehead atoms. The summed E-state index contributed by atoms with van der Waals surface area (Å²) in [4.78, 5) is 2.43. The van der Waals surface area contributed by atoms with E-state index < -0.39 is 0 Å². The number of nitrogens with one attached hydrogen (secondary N) is 1. The van der Waals surface area contributed by atoms with Crippen LogP contribution in [0.5, 0.6) is 0 Å². The number of aromatic nitrogens is 2. The first-order chi connectivity index (χ1) is 10.3. The molecule has 21 heavy (non-hydrogen) atoms. The standard InChI is InChI=1S/C17H24N4/c1-20-9-5-6-15(13-20)10-18-11-16-12-19-21(14-16)17-7-3-2-4-8-17/h2-4,7-8,12,14-15,18H,5-6,9-11,13H2,1H3. The van der Waals surface area contributed by atoms with Gasteiger partial charge in [-0.3, -0.25) is 0 Å². The minimum atomic E-state index is 0.785. The van der Waals surface area contributed by atoms with Crippen molar-refractivity contribution < 1.29 is 0 Å². The van der Waals surface area contributed by atoms with Crippen molar-refractivity contribution in [1.82, 2.24) is 20.0 Å². The Kier molecular flexibility index (Phi) is 4.68. The van der Waals surface area contributed by atoms with Gasteiger partial charge in [0.25, 0.3) is 0 Å². The Balaban J connectivity index is 1.49. The van der Waals surface area contributed by atoms with Crippen molar-refractivity contribution in [1.29, 1.82) is 0 Å². The number of rotatable bonds is 5. The summed E-state index contributed by atoms with van der Waals surface area (Å²) in [6, 6.07) is 10.2. The van der Waals surface area contributed by atoms with Gasteiger partial charge in [0, 0.05) is 24.8 Å². The van der Waals surface area contributed by atoms with Gasteiger partial charge in [-0.2, -0.15) is 5.10 Å². The van der Waals surface area contributed by atoms with Gasteiger partial charge in [0.1, 0.15) is 0 Å². The van der Waals surface area contributed by atoms with E-state index in [4.69, 9.17) is 0 Å². The molecular weight excluding hydrogens is 260 g/mol. The molecule has 1 aromatic carbocycles. The van der Waals surface area contributed by atoms with Gasteiger partial charge >= 0.3 is 0 Å². The molecule has 1 aliphatic rings. The largest absolute Gasteiger partial charge is 0.312 e. The Bertz CT molecular complexity index is 549. The second kappa shape index (κ2) is 6.87. The number of likely N-dealkylation sites (tertiary alicyclic amines) is 1. The first-order valence-electron chi connectivity index (χ1n) is 7.79. The number of para-hydroxylation sites is 1. The molecule has 4 heteroatoms. The zero-order chi connectivity index (χ0) is 14.5. The van der Waals surface area contributed by atoms with Gasteiger partial charge in [-0.25, -0.2) is 4.68 Å². The van der Waals surface area contributed by atoms with Crippen molar-refractivity contribution in [2.75, 3.05) is 26.7 Å². The molecule has 0 aliphatic carbocycles. The van der Waals surface area contributed by atoms with Crippen LogP contribution in [0.3, 0.4) is 0 Å². The molecule has 0 amide bonds. The first-order valence-corrected chi connectivity index (χ1v) is 7.79. The highest BCUT2D eigenvalue weighted by molar-refractivity contribution is 5.30. The predicted octanol–water partition coefficient (Wildman–Crippen LogP) is 2.30. The van der Waals surface area contributed by atoms with Gasteiger partial charge in [-0.1, -0.05) is 18.2 Å². The van der Waals surface area contributed by atoms with Gasteiger partial charge in [-0.05, 0) is 51.0 Å². The Morgan fingerprint density at radius 2 is 2.14 bits per heavy atom. The molecule has 0 radical (unpaired) electrons. The summed E-state index contributed by atoms with van der Waals surface area (Å²) in [6.45, 7) is 4.46. The van der Waals surface area contributed by atoms with Crippen LogP contribution < -0.4 is 5.32 Å². The van der Waals surface area contributed by atoms with E-state index in [1.807, 2.05) is 29.1 Å². The summed E-state index contributed by atoms with van der Waals surface area (Å²) in [5.41, 5.74) is 2.35. The second-order valence-corrected chi connectivity index (χ2v) is 6.03. The third-order valence-electron chi connectivity index (χ3n) is 4.14. The quantitative estimate of drug-likeness (QED) is 0.914. The normalized spacial score (nSPS) is 19.8. The van der Waals surface area contributed by atoms with Crippen LogP contribution >= 0.6 is 0 Å². The van der Waals surface area contributed by atoms with Gasteiger partial charge in [-0.15, -0.1) is 0 Å². The lowest BCUT2D eigenvalue weighted by molar-refractivity contribution is 0.206. The van der Waals surface area contributed by atoms with E-state index in [0.717, 1.165) is 24.7 Å². The van der Waals surface area contributed by atoms with Crippen molar-refractivity contribution in [3.63, 3.8) is 0 Å². The molecule has 1 fully saturated rings. The Morgan fingerprint density at radius 1 is 1.29 bits per heavy atom. The van der Waals surface area contributed by atoms with E-state index in [-0.39, 0.29) is 0 Å². The van der Waals surface area contributed by atoms with E-state index >= 15 is 0 Å². The monoisotopic (exact) mass is 284 g/mol. The molecule has 1 aliphatic heterocycles. The molecule has 1 atom stereocenters. The molecule has 4 nitrogen and oxygen atoms in total. The SMILES string of the molecule is CN1CCCC(CNCc2cnn(-c3ccccc3)c2)C1. The van der Waals surface area contributed by atoms with Crippen LogP contribution in [0.25, 0.3) is 5.69 Å². The van der Waals surface area contributed by atoms with Crippen LogP contribution in [0.1, 0.15) is 18.4 Å². The Labute approximate surface area is 126 Å². The molecular formula is C17H24N4. The first kappa shape index (κ1) is 14.3. The average Bonchev–Trinajstić information content (AvgIpc) is 2.97. The summed E-state index contributed by atoms with van der Waals surface area (Å²) in [6.07, 6.45) is 6.73. The van der Waals surface area contributed by atoms with Crippen LogP contribution in [0.2, 0.25) is 0 Å². The van der Waals surface area contributed by atoms with Crippen LogP contribution in [0, 0.1) is 5.92 Å². The fourth-order valence-electron chi connectivity index (χ4n) is 3.03. The third kappa shape index (κ3) is 3.93. The molecule has 1 N–H and O–H groups in total. The lowest BCUT2D eigenvalue weighted by atomic mass is 9.98. The topological polar surface area (TPSA) is 33.1 Å². The van der Waals surface area contributed by atoms with Gasteiger partial charge < -0.3 is 10.2 Å². The molecule has 2 heterocycles. The lowest BCUT2D eigenvalue weighted by Gasteiger charge is -2.29. The highest BCUT2D eigenvalue weighted by atomic mass is 15.3.